The molecule has 9 aromatic heterocycles. The van der Waals surface area contributed by atoms with Gasteiger partial charge in [0.05, 0.1) is 13.4 Å². The first kappa shape index (κ1) is 49.9. The van der Waals surface area contributed by atoms with E-state index in [-0.39, 0.29) is 0 Å². The van der Waals surface area contributed by atoms with Crippen molar-refractivity contribution in [2.24, 2.45) is 0 Å². The minimum atomic E-state index is 1.31. The summed E-state index contributed by atoms with van der Waals surface area (Å²) in [6.07, 6.45) is 0. The third kappa shape index (κ3) is 14.5. The van der Waals surface area contributed by atoms with Crippen LogP contribution in [0.15, 0.2) is 273 Å². The fourth-order valence-electron chi connectivity index (χ4n) is 7.13. The molecule has 16 rings (SSSR count). The maximum absolute atomic E-state index is 2.24. The van der Waals surface area contributed by atoms with Gasteiger partial charge >= 0.3 is 0 Å². The third-order valence-electron chi connectivity index (χ3n) is 10.6. The predicted octanol–water partition coefficient (Wildman–Crippen LogP) is 23.3. The third-order valence-corrected chi connectivity index (χ3v) is 19.4. The second-order valence-corrected chi connectivity index (χ2v) is 23.9. The Morgan fingerprint density at radius 2 is 0.535 bits per heavy atom. The van der Waals surface area contributed by atoms with Crippen molar-refractivity contribution in [3.63, 3.8) is 0 Å². The number of thiophene rings is 9. The molecule has 0 aliphatic heterocycles. The van der Waals surface area contributed by atoms with E-state index in [2.05, 4.69) is 214 Å². The molecule has 0 saturated carbocycles. The SMILES string of the molecule is c1cc2ccsc2s1.c1cc2sc3ccsc3c2s1.c1cc2sccc2s1.c1ccc2cc3ccccc3cc2c1.c1ccc2ccccc2c1.c1ccc2sccc2c1.c1ccccc1.c1ccsc1. The molecule has 0 fully saturated rings. The molecule has 0 radical (unpaired) electrons. The van der Waals surface area contributed by atoms with Crippen molar-refractivity contribution in [3.8, 4) is 0 Å². The summed E-state index contributed by atoms with van der Waals surface area (Å²) in [7, 11) is 0. The number of benzene rings is 7. The summed E-state index contributed by atoms with van der Waals surface area (Å²) >= 11 is 16.3. The van der Waals surface area contributed by atoms with Crippen LogP contribution in [-0.2, 0) is 0 Å². The van der Waals surface area contributed by atoms with Gasteiger partial charge in [-0.3, -0.25) is 0 Å². The van der Waals surface area contributed by atoms with E-state index in [1.165, 1.54) is 80.0 Å². The maximum atomic E-state index is 2.24. The highest BCUT2D eigenvalue weighted by molar-refractivity contribution is 7.38. The molecule has 16 aromatic rings. The Bertz CT molecular complexity index is 3530. The summed E-state index contributed by atoms with van der Waals surface area (Å²) in [4.78, 5) is 0. The molecule has 0 bridgehead atoms. The zero-order valence-corrected chi connectivity index (χ0v) is 45.6. The molecule has 71 heavy (non-hydrogen) atoms. The van der Waals surface area contributed by atoms with Crippen LogP contribution < -0.4 is 0 Å². The van der Waals surface area contributed by atoms with Crippen molar-refractivity contribution in [2.45, 2.75) is 0 Å². The van der Waals surface area contributed by atoms with Gasteiger partial charge in [-0.1, -0.05) is 164 Å². The molecule has 9 heterocycles. The molecule has 0 N–H and O–H groups in total. The first-order valence-electron chi connectivity index (χ1n) is 22.6. The Labute approximate surface area is 450 Å². The first-order chi connectivity index (χ1) is 35.2. The zero-order valence-electron chi connectivity index (χ0n) is 38.2. The molecule has 0 amide bonds. The van der Waals surface area contributed by atoms with Crippen LogP contribution in [0.1, 0.15) is 0 Å². The smallest absolute Gasteiger partial charge is 0.0864 e. The van der Waals surface area contributed by atoms with Crippen LogP contribution in [0.4, 0.5) is 0 Å². The van der Waals surface area contributed by atoms with Gasteiger partial charge < -0.3 is 0 Å². The molecule has 0 unspecified atom stereocenters. The molecule has 0 atom stereocenters. The van der Waals surface area contributed by atoms with Gasteiger partial charge in [0, 0.05) is 28.9 Å². The highest BCUT2D eigenvalue weighted by atomic mass is 32.2. The Kier molecular flexibility index (Phi) is 18.9. The largest absolute Gasteiger partial charge is 0.152 e. The van der Waals surface area contributed by atoms with Crippen LogP contribution in [0.2, 0.25) is 0 Å². The first-order valence-corrected chi connectivity index (χ1v) is 30.5. The zero-order chi connectivity index (χ0) is 48.1. The van der Waals surface area contributed by atoms with E-state index in [0.717, 1.165) is 0 Å². The second-order valence-electron chi connectivity index (χ2n) is 15.3. The summed E-state index contributed by atoms with van der Waals surface area (Å²) in [6.45, 7) is 0. The van der Waals surface area contributed by atoms with Gasteiger partial charge in [0.1, 0.15) is 0 Å². The lowest BCUT2D eigenvalue weighted by atomic mass is 10.0. The number of fused-ring (bicyclic) bond motifs is 9. The molecule has 7 aromatic carbocycles. The molecule has 0 aliphatic carbocycles. The Balaban J connectivity index is 0.000000102. The van der Waals surface area contributed by atoms with Gasteiger partial charge in [-0.05, 0) is 147 Å². The lowest BCUT2D eigenvalue weighted by Gasteiger charge is -2.00. The average molecular weight is 1080 g/mol. The van der Waals surface area contributed by atoms with E-state index in [1.54, 1.807) is 45.3 Å². The van der Waals surface area contributed by atoms with Gasteiger partial charge in [0.25, 0.3) is 0 Å². The fourth-order valence-corrected chi connectivity index (χ4v) is 15.5. The number of hydrogen-bond donors (Lipinski definition) is 0. The minimum Gasteiger partial charge on any atom is -0.152 e. The van der Waals surface area contributed by atoms with Crippen molar-refractivity contribution < 1.29 is 0 Å². The van der Waals surface area contributed by atoms with Crippen molar-refractivity contribution in [3.05, 3.63) is 273 Å². The standard InChI is InChI=1S/C14H10.C10H8.C8H4S3.C8H6S.2C6H4S2.C6H6.C4H4S/c1-2-6-12-10-14-8-4-3-7-13(14)9-11(12)5-1;1-2-6-10-8-4-3-7-9(10)5-1;1-3-9-7-5(1)11-6-2-4-10-8(6)7;1-2-4-8-7(3-1)5-6-9-8;1-3-7-6-2-4-8-5(1)6;1-3-7-6-5(1)2-4-8-6;1-2-4-6-5-3-1;1-2-4-5-3-1/h1-10H;1-8H;1-4H;1-6H;2*1-4H;1-6H;1-4H. The molecule has 0 saturated heterocycles. The van der Waals surface area contributed by atoms with Crippen LogP contribution in [0, 0.1) is 0 Å². The Morgan fingerprint density at radius 1 is 0.197 bits per heavy atom. The summed E-state index contributed by atoms with van der Waals surface area (Å²) < 4.78 is 11.5. The summed E-state index contributed by atoms with van der Waals surface area (Å²) in [5.74, 6) is 0. The van der Waals surface area contributed by atoms with Crippen LogP contribution in [0.25, 0.3) is 80.0 Å². The van der Waals surface area contributed by atoms with E-state index < -0.39 is 0 Å². The van der Waals surface area contributed by atoms with Crippen molar-refractivity contribution in [1.82, 2.24) is 0 Å². The van der Waals surface area contributed by atoms with Crippen LogP contribution in [-0.4, -0.2) is 0 Å². The normalized spacial score (nSPS) is 10.3. The molecule has 0 aliphatic rings. The molecule has 9 heteroatoms. The lowest BCUT2D eigenvalue weighted by Crippen LogP contribution is -1.74. The highest BCUT2D eigenvalue weighted by Gasteiger charge is 2.05. The summed E-state index contributed by atoms with van der Waals surface area (Å²) in [5, 5.41) is 29.6. The van der Waals surface area contributed by atoms with Crippen molar-refractivity contribution >= 4 is 182 Å². The van der Waals surface area contributed by atoms with Gasteiger partial charge in [-0.2, -0.15) is 11.3 Å². The average Bonchev–Trinajstić information content (AvgIpc) is 4.27. The van der Waals surface area contributed by atoms with E-state index in [1.807, 2.05) is 116 Å². The van der Waals surface area contributed by atoms with E-state index >= 15 is 0 Å². The fraction of sp³-hybridized carbons (Fsp3) is 0. The molecule has 0 nitrogen and oxygen atoms in total. The van der Waals surface area contributed by atoms with E-state index in [4.69, 9.17) is 0 Å². The molecular formula is C62H46S9. The highest BCUT2D eigenvalue weighted by Crippen LogP contribution is 2.40. The molecular weight excluding hydrogens is 1030 g/mol. The summed E-state index contributed by atoms with van der Waals surface area (Å²) in [5.41, 5.74) is 0. The minimum absolute atomic E-state index is 1.31. The van der Waals surface area contributed by atoms with Gasteiger partial charge in [0.2, 0.25) is 0 Å². The van der Waals surface area contributed by atoms with Gasteiger partial charge in [0.15, 0.2) is 0 Å². The number of rotatable bonds is 0. The maximum Gasteiger partial charge on any atom is 0.0864 e. The predicted molar refractivity (Wildman–Crippen MR) is 332 cm³/mol. The quantitative estimate of drug-likeness (QED) is 0.133. The van der Waals surface area contributed by atoms with Crippen LogP contribution in [0.3, 0.4) is 0 Å². The van der Waals surface area contributed by atoms with E-state index in [0.29, 0.717) is 0 Å². The van der Waals surface area contributed by atoms with Gasteiger partial charge in [-0.25, -0.2) is 0 Å². The molecule has 348 valence electrons. The Hall–Kier alpha value is -6.08. The van der Waals surface area contributed by atoms with E-state index in [9.17, 15) is 0 Å². The van der Waals surface area contributed by atoms with Crippen molar-refractivity contribution in [2.75, 3.05) is 0 Å². The van der Waals surface area contributed by atoms with Crippen molar-refractivity contribution in [1.29, 1.82) is 0 Å². The monoisotopic (exact) mass is 1080 g/mol. The second kappa shape index (κ2) is 26.9. The number of hydrogen-bond acceptors (Lipinski definition) is 9. The Morgan fingerprint density at radius 3 is 0.944 bits per heavy atom. The lowest BCUT2D eigenvalue weighted by molar-refractivity contribution is 1.72. The topological polar surface area (TPSA) is 0 Å². The summed E-state index contributed by atoms with van der Waals surface area (Å²) in [6, 6.07) is 77.7. The van der Waals surface area contributed by atoms with Crippen LogP contribution >= 0.6 is 102 Å². The van der Waals surface area contributed by atoms with Gasteiger partial charge in [-0.15, -0.1) is 90.7 Å². The van der Waals surface area contributed by atoms with Crippen LogP contribution in [0.5, 0.6) is 0 Å². The molecule has 0 spiro atoms.